The number of hydrogen-bond donors (Lipinski definition) is 2. The predicted molar refractivity (Wildman–Crippen MR) is 52.7 cm³/mol. The number of rotatable bonds is 2. The normalized spacial score (nSPS) is 10.6. The van der Waals surface area contributed by atoms with Crippen molar-refractivity contribution in [2.45, 2.75) is 6.61 Å². The lowest BCUT2D eigenvalue weighted by atomic mass is 10.2. The van der Waals surface area contributed by atoms with E-state index in [1.54, 1.807) is 0 Å². The molecule has 0 aliphatic carbocycles. The van der Waals surface area contributed by atoms with Crippen molar-refractivity contribution < 1.29 is 9.50 Å². The standard InChI is InChI=1S/C9H7ClFN3O/c10-6-3-5(1-2-7(6)11)9-12-8(4-15)13-14-9/h1-3,15H,4H2,(H,12,13,14). The van der Waals surface area contributed by atoms with Gasteiger partial charge in [0.15, 0.2) is 11.6 Å². The van der Waals surface area contributed by atoms with Crippen molar-refractivity contribution in [3.8, 4) is 11.4 Å². The molecule has 1 heterocycles. The third kappa shape index (κ3) is 1.98. The van der Waals surface area contributed by atoms with E-state index in [-0.39, 0.29) is 11.6 Å². The minimum atomic E-state index is -0.488. The summed E-state index contributed by atoms with van der Waals surface area (Å²) in [5.74, 6) is 0.240. The Kier molecular flexibility index (Phi) is 2.66. The van der Waals surface area contributed by atoms with E-state index in [1.165, 1.54) is 18.2 Å². The van der Waals surface area contributed by atoms with Gasteiger partial charge in [-0.15, -0.1) is 0 Å². The minimum Gasteiger partial charge on any atom is -0.388 e. The molecule has 0 spiro atoms. The van der Waals surface area contributed by atoms with Gasteiger partial charge in [0.2, 0.25) is 0 Å². The van der Waals surface area contributed by atoms with Crippen LogP contribution in [0.15, 0.2) is 18.2 Å². The molecular weight excluding hydrogens is 221 g/mol. The Morgan fingerprint density at radius 3 is 2.87 bits per heavy atom. The number of nitrogens with zero attached hydrogens (tertiary/aromatic N) is 2. The molecule has 6 heteroatoms. The average molecular weight is 228 g/mol. The molecule has 0 aliphatic heterocycles. The Bertz CT molecular complexity index is 486. The van der Waals surface area contributed by atoms with Gasteiger partial charge in [0.05, 0.1) is 5.02 Å². The van der Waals surface area contributed by atoms with Crippen LogP contribution in [0.3, 0.4) is 0 Å². The molecule has 0 unspecified atom stereocenters. The fourth-order valence-corrected chi connectivity index (χ4v) is 1.31. The van der Waals surface area contributed by atoms with Gasteiger partial charge in [-0.25, -0.2) is 9.37 Å². The summed E-state index contributed by atoms with van der Waals surface area (Å²) < 4.78 is 12.9. The maximum absolute atomic E-state index is 12.9. The molecule has 15 heavy (non-hydrogen) atoms. The maximum atomic E-state index is 12.9. The van der Waals surface area contributed by atoms with Gasteiger partial charge in [0.1, 0.15) is 12.4 Å². The molecule has 1 aromatic heterocycles. The van der Waals surface area contributed by atoms with Gasteiger partial charge in [-0.3, -0.25) is 5.10 Å². The van der Waals surface area contributed by atoms with Crippen LogP contribution in [0.2, 0.25) is 5.02 Å². The Hall–Kier alpha value is -1.46. The summed E-state index contributed by atoms with van der Waals surface area (Å²) in [6.07, 6.45) is 0. The van der Waals surface area contributed by atoms with E-state index in [4.69, 9.17) is 16.7 Å². The molecule has 0 amide bonds. The van der Waals surface area contributed by atoms with Crippen LogP contribution in [-0.4, -0.2) is 20.3 Å². The molecule has 0 aliphatic rings. The van der Waals surface area contributed by atoms with Gasteiger partial charge >= 0.3 is 0 Å². The third-order valence-corrected chi connectivity index (χ3v) is 2.15. The number of hydrogen-bond acceptors (Lipinski definition) is 3. The Labute approximate surface area is 89.7 Å². The number of aromatic nitrogens is 3. The third-order valence-electron chi connectivity index (χ3n) is 1.86. The molecule has 2 rings (SSSR count). The number of aliphatic hydroxyl groups is 1. The van der Waals surface area contributed by atoms with Crippen molar-refractivity contribution in [1.29, 1.82) is 0 Å². The van der Waals surface area contributed by atoms with Crippen molar-refractivity contribution in [2.75, 3.05) is 0 Å². The first kappa shape index (κ1) is 10.1. The zero-order valence-corrected chi connectivity index (χ0v) is 8.29. The second-order valence-corrected chi connectivity index (χ2v) is 3.30. The van der Waals surface area contributed by atoms with Crippen molar-refractivity contribution in [2.24, 2.45) is 0 Å². The SMILES string of the molecule is OCc1nc(-c2ccc(F)c(Cl)c2)n[nH]1. The first-order valence-corrected chi connectivity index (χ1v) is 4.56. The Balaban J connectivity index is 2.40. The Morgan fingerprint density at radius 1 is 1.47 bits per heavy atom. The molecule has 0 atom stereocenters. The molecule has 78 valence electrons. The number of aromatic amines is 1. The lowest BCUT2D eigenvalue weighted by Gasteiger charge is -1.96. The Morgan fingerprint density at radius 2 is 2.27 bits per heavy atom. The second-order valence-electron chi connectivity index (χ2n) is 2.89. The average Bonchev–Trinajstić information content (AvgIpc) is 2.70. The predicted octanol–water partition coefficient (Wildman–Crippen LogP) is 1.76. The molecule has 2 aromatic rings. The molecule has 2 N–H and O–H groups in total. The highest BCUT2D eigenvalue weighted by Gasteiger charge is 2.07. The number of nitrogens with one attached hydrogen (secondary N) is 1. The molecule has 0 fully saturated rings. The zero-order chi connectivity index (χ0) is 10.8. The molecule has 0 radical (unpaired) electrons. The first-order chi connectivity index (χ1) is 7.20. The molecule has 0 saturated carbocycles. The van der Waals surface area contributed by atoms with Gasteiger partial charge in [0, 0.05) is 5.56 Å². The van der Waals surface area contributed by atoms with Gasteiger partial charge in [-0.1, -0.05) is 11.6 Å². The van der Waals surface area contributed by atoms with Crippen molar-refractivity contribution in [3.05, 3.63) is 34.9 Å². The van der Waals surface area contributed by atoms with E-state index >= 15 is 0 Å². The van der Waals surface area contributed by atoms with Crippen LogP contribution in [0.1, 0.15) is 5.82 Å². The van der Waals surface area contributed by atoms with Crippen LogP contribution >= 0.6 is 11.6 Å². The van der Waals surface area contributed by atoms with E-state index in [0.717, 1.165) is 0 Å². The van der Waals surface area contributed by atoms with E-state index in [0.29, 0.717) is 17.2 Å². The first-order valence-electron chi connectivity index (χ1n) is 4.18. The van der Waals surface area contributed by atoms with Gasteiger partial charge in [-0.2, -0.15) is 5.10 Å². The second kappa shape index (κ2) is 3.96. The van der Waals surface area contributed by atoms with E-state index in [2.05, 4.69) is 15.2 Å². The molecule has 0 saturated heterocycles. The molecule has 4 nitrogen and oxygen atoms in total. The summed E-state index contributed by atoms with van der Waals surface area (Å²) >= 11 is 5.61. The fourth-order valence-electron chi connectivity index (χ4n) is 1.13. The van der Waals surface area contributed by atoms with Crippen LogP contribution in [0.4, 0.5) is 4.39 Å². The van der Waals surface area contributed by atoms with E-state index < -0.39 is 5.82 Å². The zero-order valence-electron chi connectivity index (χ0n) is 7.54. The van der Waals surface area contributed by atoms with Crippen LogP contribution < -0.4 is 0 Å². The highest BCUT2D eigenvalue weighted by atomic mass is 35.5. The number of benzene rings is 1. The van der Waals surface area contributed by atoms with Crippen molar-refractivity contribution in [3.63, 3.8) is 0 Å². The molecule has 1 aromatic carbocycles. The minimum absolute atomic E-state index is 0.0165. The van der Waals surface area contributed by atoms with Crippen molar-refractivity contribution >= 4 is 11.6 Å². The number of halogens is 2. The summed E-state index contributed by atoms with van der Waals surface area (Å²) in [7, 11) is 0. The maximum Gasteiger partial charge on any atom is 0.181 e. The summed E-state index contributed by atoms with van der Waals surface area (Å²) in [5, 5.41) is 15.2. The van der Waals surface area contributed by atoms with Crippen LogP contribution in [0.5, 0.6) is 0 Å². The highest BCUT2D eigenvalue weighted by Crippen LogP contribution is 2.22. The number of aliphatic hydroxyl groups excluding tert-OH is 1. The topological polar surface area (TPSA) is 61.8 Å². The van der Waals surface area contributed by atoms with Gasteiger partial charge in [0.25, 0.3) is 0 Å². The molecular formula is C9H7ClFN3O. The fraction of sp³-hybridized carbons (Fsp3) is 0.111. The lowest BCUT2D eigenvalue weighted by Crippen LogP contribution is -1.85. The summed E-state index contributed by atoms with van der Waals surface area (Å²) in [4.78, 5) is 3.97. The largest absolute Gasteiger partial charge is 0.388 e. The highest BCUT2D eigenvalue weighted by molar-refractivity contribution is 6.31. The van der Waals surface area contributed by atoms with Crippen LogP contribution in [0.25, 0.3) is 11.4 Å². The van der Waals surface area contributed by atoms with Crippen LogP contribution in [0, 0.1) is 5.82 Å². The number of H-pyrrole nitrogens is 1. The summed E-state index contributed by atoms with van der Waals surface area (Å²) in [5.41, 5.74) is 0.595. The summed E-state index contributed by atoms with van der Waals surface area (Å²) in [6.45, 7) is -0.220. The van der Waals surface area contributed by atoms with Gasteiger partial charge in [-0.05, 0) is 18.2 Å². The van der Waals surface area contributed by atoms with Crippen molar-refractivity contribution in [1.82, 2.24) is 15.2 Å². The molecule has 0 bridgehead atoms. The van der Waals surface area contributed by atoms with Gasteiger partial charge < -0.3 is 5.11 Å². The van der Waals surface area contributed by atoms with E-state index in [9.17, 15) is 4.39 Å². The quantitative estimate of drug-likeness (QED) is 0.822. The van der Waals surface area contributed by atoms with E-state index in [1.807, 2.05) is 0 Å². The smallest absolute Gasteiger partial charge is 0.181 e. The lowest BCUT2D eigenvalue weighted by molar-refractivity contribution is 0.272. The monoisotopic (exact) mass is 227 g/mol. The van der Waals surface area contributed by atoms with Crippen LogP contribution in [-0.2, 0) is 6.61 Å². The summed E-state index contributed by atoms with van der Waals surface area (Å²) in [6, 6.07) is 4.19.